The van der Waals surface area contributed by atoms with Crippen LogP contribution in [0.4, 0.5) is 5.69 Å². The summed E-state index contributed by atoms with van der Waals surface area (Å²) >= 11 is 9.26. The lowest BCUT2D eigenvalue weighted by molar-refractivity contribution is -0.118. The molecule has 3 N–H and O–H groups in total. The summed E-state index contributed by atoms with van der Waals surface area (Å²) in [5.41, 5.74) is 7.03. The number of carbonyl (C=O) groups excluding carboxylic acids is 1. The number of rotatable bonds is 4. The number of para-hydroxylation sites is 1. The van der Waals surface area contributed by atoms with E-state index in [9.17, 15) is 4.79 Å². The van der Waals surface area contributed by atoms with Gasteiger partial charge in [0.15, 0.2) is 0 Å². The van der Waals surface area contributed by atoms with Gasteiger partial charge in [0, 0.05) is 15.2 Å². The summed E-state index contributed by atoms with van der Waals surface area (Å²) in [6.07, 6.45) is 0. The van der Waals surface area contributed by atoms with Gasteiger partial charge in [0.2, 0.25) is 5.91 Å². The molecular formula is C14H12BrClN2O. The Bertz CT molecular complexity index is 586. The number of anilines is 1. The zero-order valence-electron chi connectivity index (χ0n) is 9.94. The van der Waals surface area contributed by atoms with Gasteiger partial charge in [-0.2, -0.15) is 0 Å². The Labute approximate surface area is 124 Å². The molecule has 1 amide bonds. The fourth-order valence-electron chi connectivity index (χ4n) is 1.71. The van der Waals surface area contributed by atoms with Crippen molar-refractivity contribution < 1.29 is 4.79 Å². The average Bonchev–Trinajstić information content (AvgIpc) is 2.39. The normalized spacial score (nSPS) is 11.9. The van der Waals surface area contributed by atoms with Crippen LogP contribution in [-0.4, -0.2) is 5.91 Å². The second kappa shape index (κ2) is 6.08. The smallest absolute Gasteiger partial charge is 0.244 e. The lowest BCUT2D eigenvalue weighted by atomic mass is 10.1. The number of primary amides is 1. The van der Waals surface area contributed by atoms with Crippen molar-refractivity contribution in [2.24, 2.45) is 5.73 Å². The molecule has 1 atom stereocenters. The van der Waals surface area contributed by atoms with Crippen LogP contribution in [-0.2, 0) is 4.79 Å². The van der Waals surface area contributed by atoms with Crippen molar-refractivity contribution in [2.75, 3.05) is 5.32 Å². The van der Waals surface area contributed by atoms with E-state index in [1.165, 1.54) is 0 Å². The highest BCUT2D eigenvalue weighted by molar-refractivity contribution is 9.10. The van der Waals surface area contributed by atoms with Crippen LogP contribution in [0.15, 0.2) is 53.0 Å². The number of nitrogens with one attached hydrogen (secondary N) is 1. The number of amides is 1. The fourth-order valence-corrected chi connectivity index (χ4v) is 2.23. The van der Waals surface area contributed by atoms with Crippen LogP contribution in [0.25, 0.3) is 0 Å². The molecule has 1 unspecified atom stereocenters. The standard InChI is InChI=1S/C14H12BrClN2O/c15-11-3-1-2-4-12(11)18-13(14(17)19)9-5-7-10(16)8-6-9/h1-8,13,18H,(H2,17,19). The van der Waals surface area contributed by atoms with Gasteiger partial charge in [-0.05, 0) is 45.8 Å². The van der Waals surface area contributed by atoms with E-state index in [-0.39, 0.29) is 0 Å². The fraction of sp³-hybridized carbons (Fsp3) is 0.0714. The molecule has 0 spiro atoms. The molecule has 0 fully saturated rings. The van der Waals surface area contributed by atoms with Crippen LogP contribution in [0.1, 0.15) is 11.6 Å². The van der Waals surface area contributed by atoms with Gasteiger partial charge in [0.1, 0.15) is 6.04 Å². The van der Waals surface area contributed by atoms with Crippen LogP contribution in [0.2, 0.25) is 5.02 Å². The Morgan fingerprint density at radius 3 is 2.37 bits per heavy atom. The number of carbonyl (C=O) groups is 1. The number of nitrogens with two attached hydrogens (primary N) is 1. The third-order valence-electron chi connectivity index (χ3n) is 2.66. The highest BCUT2D eigenvalue weighted by Gasteiger charge is 2.18. The quantitative estimate of drug-likeness (QED) is 0.891. The molecule has 0 bridgehead atoms. The molecule has 0 heterocycles. The van der Waals surface area contributed by atoms with Crippen LogP contribution < -0.4 is 11.1 Å². The first-order valence-electron chi connectivity index (χ1n) is 5.64. The predicted molar refractivity (Wildman–Crippen MR) is 81.2 cm³/mol. The Kier molecular flexibility index (Phi) is 4.45. The summed E-state index contributed by atoms with van der Waals surface area (Å²) in [5.74, 6) is -0.446. The maximum atomic E-state index is 11.6. The maximum absolute atomic E-state index is 11.6. The molecule has 0 aliphatic carbocycles. The third-order valence-corrected chi connectivity index (χ3v) is 3.61. The van der Waals surface area contributed by atoms with E-state index < -0.39 is 11.9 Å². The average molecular weight is 340 g/mol. The molecular weight excluding hydrogens is 328 g/mol. The lowest BCUT2D eigenvalue weighted by Gasteiger charge is -2.18. The first-order chi connectivity index (χ1) is 9.08. The summed E-state index contributed by atoms with van der Waals surface area (Å²) in [4.78, 5) is 11.6. The minimum absolute atomic E-state index is 0.446. The number of hydrogen-bond acceptors (Lipinski definition) is 2. The van der Waals surface area contributed by atoms with E-state index >= 15 is 0 Å². The maximum Gasteiger partial charge on any atom is 0.244 e. The lowest BCUT2D eigenvalue weighted by Crippen LogP contribution is -2.27. The Balaban J connectivity index is 2.29. The number of hydrogen-bond donors (Lipinski definition) is 2. The summed E-state index contributed by atoms with van der Waals surface area (Å²) in [6.45, 7) is 0. The van der Waals surface area contributed by atoms with Crippen LogP contribution >= 0.6 is 27.5 Å². The van der Waals surface area contributed by atoms with Gasteiger partial charge < -0.3 is 11.1 Å². The van der Waals surface area contributed by atoms with Crippen LogP contribution in [0.5, 0.6) is 0 Å². The molecule has 0 aliphatic heterocycles. The van der Waals surface area contributed by atoms with Crippen molar-refractivity contribution in [3.05, 3.63) is 63.6 Å². The number of halogens is 2. The summed E-state index contributed by atoms with van der Waals surface area (Å²) < 4.78 is 0.871. The van der Waals surface area contributed by atoms with E-state index in [0.29, 0.717) is 5.02 Å². The van der Waals surface area contributed by atoms with Crippen molar-refractivity contribution in [3.63, 3.8) is 0 Å². The zero-order valence-corrected chi connectivity index (χ0v) is 12.3. The first-order valence-corrected chi connectivity index (χ1v) is 6.81. The molecule has 0 aromatic heterocycles. The van der Waals surface area contributed by atoms with Crippen LogP contribution in [0.3, 0.4) is 0 Å². The molecule has 0 aliphatic rings. The molecule has 0 saturated carbocycles. The minimum atomic E-state index is -0.601. The summed E-state index contributed by atoms with van der Waals surface area (Å²) in [7, 11) is 0. The summed E-state index contributed by atoms with van der Waals surface area (Å²) in [5, 5.41) is 3.74. The van der Waals surface area contributed by atoms with Gasteiger partial charge in [-0.1, -0.05) is 35.9 Å². The molecule has 19 heavy (non-hydrogen) atoms. The molecule has 98 valence electrons. The van der Waals surface area contributed by atoms with E-state index in [0.717, 1.165) is 15.7 Å². The SMILES string of the molecule is NC(=O)C(Nc1ccccc1Br)c1ccc(Cl)cc1. The van der Waals surface area contributed by atoms with Gasteiger partial charge in [-0.3, -0.25) is 4.79 Å². The Morgan fingerprint density at radius 2 is 1.79 bits per heavy atom. The van der Waals surface area contributed by atoms with E-state index in [1.807, 2.05) is 24.3 Å². The molecule has 3 nitrogen and oxygen atoms in total. The summed E-state index contributed by atoms with van der Waals surface area (Å²) in [6, 6.07) is 14.0. The van der Waals surface area contributed by atoms with Crippen molar-refractivity contribution in [3.8, 4) is 0 Å². The van der Waals surface area contributed by atoms with Crippen molar-refractivity contribution >= 4 is 39.1 Å². The van der Waals surface area contributed by atoms with Crippen molar-refractivity contribution in [2.45, 2.75) is 6.04 Å². The highest BCUT2D eigenvalue weighted by Crippen LogP contribution is 2.26. The topological polar surface area (TPSA) is 55.1 Å². The zero-order chi connectivity index (χ0) is 13.8. The van der Waals surface area contributed by atoms with Crippen molar-refractivity contribution in [1.29, 1.82) is 0 Å². The minimum Gasteiger partial charge on any atom is -0.369 e. The monoisotopic (exact) mass is 338 g/mol. The molecule has 0 saturated heterocycles. The number of benzene rings is 2. The molecule has 2 aromatic rings. The van der Waals surface area contributed by atoms with Gasteiger partial charge in [-0.25, -0.2) is 0 Å². The second-order valence-corrected chi connectivity index (χ2v) is 5.30. The molecule has 0 radical (unpaired) electrons. The predicted octanol–water partition coefficient (Wildman–Crippen LogP) is 3.74. The first kappa shape index (κ1) is 13.9. The van der Waals surface area contributed by atoms with Crippen LogP contribution in [0, 0.1) is 0 Å². The third kappa shape index (κ3) is 3.49. The molecule has 5 heteroatoms. The van der Waals surface area contributed by atoms with E-state index in [1.54, 1.807) is 24.3 Å². The van der Waals surface area contributed by atoms with E-state index in [4.69, 9.17) is 17.3 Å². The molecule has 2 aromatic carbocycles. The molecule has 2 rings (SSSR count). The Hall–Kier alpha value is -1.52. The highest BCUT2D eigenvalue weighted by atomic mass is 79.9. The van der Waals surface area contributed by atoms with Gasteiger partial charge in [0.05, 0.1) is 0 Å². The van der Waals surface area contributed by atoms with E-state index in [2.05, 4.69) is 21.2 Å². The second-order valence-electron chi connectivity index (χ2n) is 4.01. The van der Waals surface area contributed by atoms with Gasteiger partial charge in [-0.15, -0.1) is 0 Å². The van der Waals surface area contributed by atoms with Gasteiger partial charge in [0.25, 0.3) is 0 Å². The van der Waals surface area contributed by atoms with Gasteiger partial charge >= 0.3 is 0 Å². The largest absolute Gasteiger partial charge is 0.369 e. The van der Waals surface area contributed by atoms with Crippen molar-refractivity contribution in [1.82, 2.24) is 0 Å². The Morgan fingerprint density at radius 1 is 1.16 bits per heavy atom.